The summed E-state index contributed by atoms with van der Waals surface area (Å²) in [6.07, 6.45) is 4.31. The second-order valence-corrected chi connectivity index (χ2v) is 7.07. The molecule has 3 N–H and O–H groups in total. The van der Waals surface area contributed by atoms with E-state index in [0.29, 0.717) is 13.2 Å². The van der Waals surface area contributed by atoms with Crippen molar-refractivity contribution in [3.63, 3.8) is 0 Å². The maximum absolute atomic E-state index is 11.0. The maximum atomic E-state index is 11.0. The second kappa shape index (κ2) is 3.92. The van der Waals surface area contributed by atoms with Gasteiger partial charge in [0.05, 0.1) is 18.8 Å². The van der Waals surface area contributed by atoms with Crippen LogP contribution in [-0.2, 0) is 9.47 Å². The highest BCUT2D eigenvalue weighted by Crippen LogP contribution is 2.55. The third-order valence-electron chi connectivity index (χ3n) is 5.32. The molecule has 1 aliphatic heterocycles. The zero-order chi connectivity index (χ0) is 13.0. The van der Waals surface area contributed by atoms with E-state index >= 15 is 0 Å². The molecule has 0 radical (unpaired) electrons. The van der Waals surface area contributed by atoms with E-state index in [4.69, 9.17) is 15.2 Å². The minimum absolute atomic E-state index is 0.0139. The van der Waals surface area contributed by atoms with Gasteiger partial charge in [-0.25, -0.2) is 0 Å². The molecule has 0 amide bonds. The molecule has 1 spiro atoms. The summed E-state index contributed by atoms with van der Waals surface area (Å²) >= 11 is 0. The minimum atomic E-state index is -0.807. The summed E-state index contributed by atoms with van der Waals surface area (Å²) < 4.78 is 11.8. The Kier molecular flexibility index (Phi) is 2.80. The van der Waals surface area contributed by atoms with Gasteiger partial charge in [0.25, 0.3) is 0 Å². The number of aliphatic hydroxyl groups is 1. The van der Waals surface area contributed by atoms with E-state index < -0.39 is 11.4 Å². The molecule has 1 saturated heterocycles. The average molecular weight is 255 g/mol. The summed E-state index contributed by atoms with van der Waals surface area (Å²) in [7, 11) is 0. The van der Waals surface area contributed by atoms with Crippen molar-refractivity contribution in [1.82, 2.24) is 0 Å². The van der Waals surface area contributed by atoms with Crippen LogP contribution in [0.4, 0.5) is 0 Å². The molecular formula is C14H25NO3. The largest absolute Gasteiger partial charge is 0.388 e. The monoisotopic (exact) mass is 255 g/mol. The van der Waals surface area contributed by atoms with Gasteiger partial charge in [0, 0.05) is 18.4 Å². The zero-order valence-corrected chi connectivity index (χ0v) is 11.4. The summed E-state index contributed by atoms with van der Waals surface area (Å²) in [6, 6.07) is -0.142. The van der Waals surface area contributed by atoms with Crippen LogP contribution < -0.4 is 5.73 Å². The van der Waals surface area contributed by atoms with Crippen LogP contribution in [-0.4, -0.2) is 35.8 Å². The van der Waals surface area contributed by atoms with Gasteiger partial charge in [0.1, 0.15) is 0 Å². The van der Waals surface area contributed by atoms with Gasteiger partial charge < -0.3 is 20.3 Å². The van der Waals surface area contributed by atoms with E-state index in [1.165, 1.54) is 0 Å². The number of hydrogen-bond donors (Lipinski definition) is 2. The van der Waals surface area contributed by atoms with Gasteiger partial charge in [-0.05, 0) is 31.1 Å². The molecule has 4 heteroatoms. The first-order valence-corrected chi connectivity index (χ1v) is 7.14. The molecule has 3 fully saturated rings. The van der Waals surface area contributed by atoms with Crippen LogP contribution in [0.25, 0.3) is 0 Å². The third-order valence-corrected chi connectivity index (χ3v) is 5.32. The van der Waals surface area contributed by atoms with Crippen molar-refractivity contribution in [2.45, 2.75) is 63.4 Å². The van der Waals surface area contributed by atoms with E-state index in [2.05, 4.69) is 13.8 Å². The summed E-state index contributed by atoms with van der Waals surface area (Å²) in [4.78, 5) is 0. The van der Waals surface area contributed by atoms with Gasteiger partial charge in [0.2, 0.25) is 0 Å². The van der Waals surface area contributed by atoms with Gasteiger partial charge in [-0.3, -0.25) is 0 Å². The second-order valence-electron chi connectivity index (χ2n) is 7.07. The molecule has 3 atom stereocenters. The fourth-order valence-corrected chi connectivity index (χ4v) is 4.12. The van der Waals surface area contributed by atoms with Crippen molar-refractivity contribution < 1.29 is 14.6 Å². The molecule has 2 saturated carbocycles. The fourth-order valence-electron chi connectivity index (χ4n) is 4.12. The van der Waals surface area contributed by atoms with E-state index in [1.807, 2.05) is 0 Å². The molecular weight excluding hydrogens is 230 g/mol. The molecule has 4 nitrogen and oxygen atoms in total. The normalized spacial score (nSPS) is 46.0. The van der Waals surface area contributed by atoms with Crippen LogP contribution in [0.5, 0.6) is 0 Å². The molecule has 0 aromatic rings. The van der Waals surface area contributed by atoms with Gasteiger partial charge in [0.15, 0.2) is 5.79 Å². The molecule has 0 aromatic heterocycles. The van der Waals surface area contributed by atoms with Crippen molar-refractivity contribution >= 4 is 0 Å². The summed E-state index contributed by atoms with van der Waals surface area (Å²) in [6.45, 7) is 5.80. The Morgan fingerprint density at radius 1 is 1.11 bits per heavy atom. The highest BCUT2D eigenvalue weighted by Gasteiger charge is 2.62. The van der Waals surface area contributed by atoms with E-state index in [9.17, 15) is 5.11 Å². The molecule has 2 aliphatic carbocycles. The summed E-state index contributed by atoms with van der Waals surface area (Å²) in [5, 5.41) is 11.0. The first kappa shape index (κ1) is 12.9. The molecule has 18 heavy (non-hydrogen) atoms. The Morgan fingerprint density at radius 3 is 2.44 bits per heavy atom. The molecule has 3 rings (SSSR count). The van der Waals surface area contributed by atoms with Crippen molar-refractivity contribution in [2.24, 2.45) is 17.1 Å². The number of fused-ring (bicyclic) bond motifs is 2. The van der Waals surface area contributed by atoms with Crippen LogP contribution >= 0.6 is 0 Å². The number of nitrogens with two attached hydrogens (primary N) is 1. The first-order chi connectivity index (χ1) is 8.38. The Balaban J connectivity index is 1.95. The van der Waals surface area contributed by atoms with Crippen molar-refractivity contribution in [2.75, 3.05) is 13.2 Å². The molecule has 3 unspecified atom stereocenters. The summed E-state index contributed by atoms with van der Waals surface area (Å²) in [5.74, 6) is -0.553. The highest BCUT2D eigenvalue weighted by atomic mass is 16.7. The number of ether oxygens (including phenoxy) is 2. The molecule has 1 heterocycles. The van der Waals surface area contributed by atoms with Crippen molar-refractivity contribution in [3.8, 4) is 0 Å². The van der Waals surface area contributed by atoms with Gasteiger partial charge >= 0.3 is 0 Å². The van der Waals surface area contributed by atoms with Crippen molar-refractivity contribution in [3.05, 3.63) is 0 Å². The molecule has 0 aromatic carbocycles. The predicted octanol–water partition coefficient (Wildman–Crippen LogP) is 1.41. The highest BCUT2D eigenvalue weighted by molar-refractivity contribution is 5.10. The van der Waals surface area contributed by atoms with E-state index in [-0.39, 0.29) is 17.4 Å². The Morgan fingerprint density at radius 2 is 1.78 bits per heavy atom. The molecule has 0 bridgehead atoms. The van der Waals surface area contributed by atoms with Crippen LogP contribution in [0, 0.1) is 11.3 Å². The van der Waals surface area contributed by atoms with Crippen LogP contribution in [0.1, 0.15) is 46.0 Å². The topological polar surface area (TPSA) is 64.7 Å². The smallest absolute Gasteiger partial charge is 0.174 e. The lowest BCUT2D eigenvalue weighted by Gasteiger charge is -2.57. The standard InChI is InChI=1S/C14H25NO3/c1-12(2)5-6-13(16)10(9-12)14(4-3-11(13)15)17-7-8-18-14/h10-11,16H,3-9,15H2,1-2H3. The number of hydrogen-bond acceptors (Lipinski definition) is 4. The summed E-state index contributed by atoms with van der Waals surface area (Å²) in [5.41, 5.74) is 5.63. The van der Waals surface area contributed by atoms with Crippen LogP contribution in [0.3, 0.4) is 0 Å². The van der Waals surface area contributed by atoms with Crippen LogP contribution in [0.2, 0.25) is 0 Å². The van der Waals surface area contributed by atoms with Gasteiger partial charge in [-0.2, -0.15) is 0 Å². The lowest BCUT2D eigenvalue weighted by molar-refractivity contribution is -0.284. The lowest BCUT2D eigenvalue weighted by atomic mass is 9.56. The minimum Gasteiger partial charge on any atom is -0.388 e. The van der Waals surface area contributed by atoms with E-state index in [0.717, 1.165) is 32.1 Å². The Labute approximate surface area is 109 Å². The average Bonchev–Trinajstić information content (AvgIpc) is 2.77. The SMILES string of the molecule is CC1(C)CCC2(O)C(N)CCC3(OCCO3)C2C1. The van der Waals surface area contributed by atoms with Crippen molar-refractivity contribution in [1.29, 1.82) is 0 Å². The van der Waals surface area contributed by atoms with E-state index in [1.54, 1.807) is 0 Å². The lowest BCUT2D eigenvalue weighted by Crippen LogP contribution is -2.67. The molecule has 3 aliphatic rings. The fraction of sp³-hybridized carbons (Fsp3) is 1.00. The van der Waals surface area contributed by atoms with Crippen LogP contribution in [0.15, 0.2) is 0 Å². The third kappa shape index (κ3) is 1.73. The predicted molar refractivity (Wildman–Crippen MR) is 67.9 cm³/mol. The van der Waals surface area contributed by atoms with Gasteiger partial charge in [-0.1, -0.05) is 13.8 Å². The Hall–Kier alpha value is -0.160. The first-order valence-electron chi connectivity index (χ1n) is 7.14. The quantitative estimate of drug-likeness (QED) is 0.687. The zero-order valence-electron chi connectivity index (χ0n) is 11.4. The van der Waals surface area contributed by atoms with Gasteiger partial charge in [-0.15, -0.1) is 0 Å². The Bertz CT molecular complexity index is 336. The number of rotatable bonds is 0. The maximum Gasteiger partial charge on any atom is 0.174 e. The molecule has 104 valence electrons.